The van der Waals surface area contributed by atoms with E-state index < -0.39 is 9.84 Å². The van der Waals surface area contributed by atoms with E-state index in [4.69, 9.17) is 0 Å². The Morgan fingerprint density at radius 3 is 2.63 bits per heavy atom. The van der Waals surface area contributed by atoms with Crippen LogP contribution < -0.4 is 10.6 Å². The number of sulfone groups is 1. The summed E-state index contributed by atoms with van der Waals surface area (Å²) in [6.45, 7) is 3.38. The first-order valence-electron chi connectivity index (χ1n) is 6.20. The van der Waals surface area contributed by atoms with E-state index in [1.165, 1.54) is 6.33 Å². The lowest BCUT2D eigenvalue weighted by Gasteiger charge is -2.13. The average molecular weight is 349 g/mol. The van der Waals surface area contributed by atoms with Crippen LogP contribution in [0.15, 0.2) is 10.8 Å². The minimum atomic E-state index is -2.82. The van der Waals surface area contributed by atoms with Gasteiger partial charge in [0.2, 0.25) is 0 Å². The van der Waals surface area contributed by atoms with E-state index in [0.717, 1.165) is 23.3 Å². The lowest BCUT2D eigenvalue weighted by atomic mass is 10.1. The monoisotopic (exact) mass is 348 g/mol. The molecule has 106 valence electrons. The van der Waals surface area contributed by atoms with Crippen molar-refractivity contribution in [3.05, 3.63) is 10.8 Å². The third-order valence-corrected chi connectivity index (χ3v) is 5.61. The maximum atomic E-state index is 11.4. The summed E-state index contributed by atoms with van der Waals surface area (Å²) in [4.78, 5) is 8.29. The van der Waals surface area contributed by atoms with Crippen LogP contribution in [0.3, 0.4) is 0 Å². The first-order chi connectivity index (χ1) is 9.02. The minimum Gasteiger partial charge on any atom is -0.369 e. The maximum Gasteiger partial charge on any atom is 0.150 e. The number of hydrogen-bond acceptors (Lipinski definition) is 6. The van der Waals surface area contributed by atoms with Crippen LogP contribution in [-0.2, 0) is 9.84 Å². The average Bonchev–Trinajstić information content (AvgIpc) is 2.70. The van der Waals surface area contributed by atoms with Crippen LogP contribution in [0, 0.1) is 5.92 Å². The molecule has 0 saturated carbocycles. The van der Waals surface area contributed by atoms with Gasteiger partial charge in [-0.3, -0.25) is 0 Å². The molecule has 1 saturated heterocycles. The molecule has 1 fully saturated rings. The van der Waals surface area contributed by atoms with E-state index >= 15 is 0 Å². The van der Waals surface area contributed by atoms with E-state index in [-0.39, 0.29) is 11.7 Å². The molecule has 2 heterocycles. The summed E-state index contributed by atoms with van der Waals surface area (Å²) in [6, 6.07) is 0. The minimum absolute atomic E-state index is 0.162. The zero-order chi connectivity index (χ0) is 13.9. The topological polar surface area (TPSA) is 84.0 Å². The van der Waals surface area contributed by atoms with Crippen LogP contribution in [0.2, 0.25) is 0 Å². The molecule has 0 bridgehead atoms. The van der Waals surface area contributed by atoms with Crippen molar-refractivity contribution in [1.29, 1.82) is 0 Å². The van der Waals surface area contributed by atoms with Crippen molar-refractivity contribution in [2.45, 2.75) is 13.3 Å². The highest BCUT2D eigenvalue weighted by molar-refractivity contribution is 9.10. The molecule has 19 heavy (non-hydrogen) atoms. The van der Waals surface area contributed by atoms with E-state index in [1.54, 1.807) is 0 Å². The van der Waals surface area contributed by atoms with E-state index in [9.17, 15) is 8.42 Å². The van der Waals surface area contributed by atoms with Gasteiger partial charge in [0.25, 0.3) is 0 Å². The van der Waals surface area contributed by atoms with Crippen LogP contribution in [0.1, 0.15) is 13.3 Å². The van der Waals surface area contributed by atoms with E-state index in [0.29, 0.717) is 18.1 Å². The van der Waals surface area contributed by atoms with Gasteiger partial charge >= 0.3 is 0 Å². The molecule has 6 nitrogen and oxygen atoms in total. The summed E-state index contributed by atoms with van der Waals surface area (Å²) in [5.41, 5.74) is 0. The third-order valence-electron chi connectivity index (χ3n) is 3.02. The Morgan fingerprint density at radius 2 is 2.05 bits per heavy atom. The Hall–Kier alpha value is -0.890. The SMILES string of the molecule is CCNc1ncnc(NCC2CCS(=O)(=O)C2)c1Br. The van der Waals surface area contributed by atoms with Crippen molar-refractivity contribution in [1.82, 2.24) is 9.97 Å². The molecular formula is C11H17BrN4O2S. The van der Waals surface area contributed by atoms with Crippen LogP contribution >= 0.6 is 15.9 Å². The molecule has 1 aromatic heterocycles. The highest BCUT2D eigenvalue weighted by Gasteiger charge is 2.27. The first kappa shape index (κ1) is 14.5. The fourth-order valence-corrected chi connectivity index (χ4v) is 4.40. The highest BCUT2D eigenvalue weighted by Crippen LogP contribution is 2.27. The smallest absolute Gasteiger partial charge is 0.150 e. The van der Waals surface area contributed by atoms with Gasteiger partial charge < -0.3 is 10.6 Å². The molecule has 1 aliphatic heterocycles. The molecule has 1 aromatic rings. The third kappa shape index (κ3) is 3.79. The molecule has 1 unspecified atom stereocenters. The molecule has 2 N–H and O–H groups in total. The molecule has 1 atom stereocenters. The molecule has 0 radical (unpaired) electrons. The van der Waals surface area contributed by atoms with Crippen molar-refractivity contribution in [3.63, 3.8) is 0 Å². The Balaban J connectivity index is 1.98. The fourth-order valence-electron chi connectivity index (χ4n) is 2.06. The van der Waals surface area contributed by atoms with Gasteiger partial charge in [-0.1, -0.05) is 0 Å². The van der Waals surface area contributed by atoms with Gasteiger partial charge in [0, 0.05) is 13.1 Å². The summed E-state index contributed by atoms with van der Waals surface area (Å²) in [7, 11) is -2.82. The van der Waals surface area contributed by atoms with Crippen LogP contribution in [0.25, 0.3) is 0 Å². The summed E-state index contributed by atoms with van der Waals surface area (Å²) in [6.07, 6.45) is 2.20. The number of aromatic nitrogens is 2. The number of rotatable bonds is 5. The lowest BCUT2D eigenvalue weighted by Crippen LogP contribution is -2.17. The number of anilines is 2. The molecule has 2 rings (SSSR count). The second-order valence-electron chi connectivity index (χ2n) is 4.57. The fraction of sp³-hybridized carbons (Fsp3) is 0.636. The van der Waals surface area contributed by atoms with Crippen LogP contribution in [0.4, 0.5) is 11.6 Å². The quantitative estimate of drug-likeness (QED) is 0.839. The largest absolute Gasteiger partial charge is 0.369 e. The van der Waals surface area contributed by atoms with Crippen molar-refractivity contribution in [2.75, 3.05) is 35.2 Å². The Bertz CT molecular complexity index is 550. The molecule has 0 spiro atoms. The zero-order valence-corrected chi connectivity index (χ0v) is 13.1. The molecule has 0 aliphatic carbocycles. The number of nitrogens with one attached hydrogen (secondary N) is 2. The molecule has 1 aliphatic rings. The van der Waals surface area contributed by atoms with Gasteiger partial charge in [-0.05, 0) is 35.2 Å². The summed E-state index contributed by atoms with van der Waals surface area (Å²) in [5, 5.41) is 6.31. The number of hydrogen-bond donors (Lipinski definition) is 2. The van der Waals surface area contributed by atoms with Crippen LogP contribution in [-0.4, -0.2) is 43.0 Å². The highest BCUT2D eigenvalue weighted by atomic mass is 79.9. The zero-order valence-electron chi connectivity index (χ0n) is 10.7. The summed E-state index contributed by atoms with van der Waals surface area (Å²) in [5.74, 6) is 2.15. The molecule has 0 amide bonds. The standard InChI is InChI=1S/C11H17BrN4O2S/c1-2-13-10-9(12)11(16-7-15-10)14-5-8-3-4-19(17,18)6-8/h7-8H,2-6H2,1H3,(H2,13,14,15,16). The van der Waals surface area contributed by atoms with Crippen molar-refractivity contribution >= 4 is 37.4 Å². The van der Waals surface area contributed by atoms with Crippen molar-refractivity contribution in [3.8, 4) is 0 Å². The number of nitrogens with zero attached hydrogens (tertiary/aromatic N) is 2. The van der Waals surface area contributed by atoms with Crippen molar-refractivity contribution in [2.24, 2.45) is 5.92 Å². The molecule has 8 heteroatoms. The predicted octanol–water partition coefficient (Wildman–Crippen LogP) is 1.52. The Morgan fingerprint density at radius 1 is 1.37 bits per heavy atom. The Labute approximate surface area is 121 Å². The summed E-state index contributed by atoms with van der Waals surface area (Å²) < 4.78 is 23.5. The van der Waals surface area contributed by atoms with E-state index in [1.807, 2.05) is 6.92 Å². The van der Waals surface area contributed by atoms with E-state index in [2.05, 4.69) is 36.5 Å². The van der Waals surface area contributed by atoms with Gasteiger partial charge in [-0.25, -0.2) is 18.4 Å². The van der Waals surface area contributed by atoms with Crippen LogP contribution in [0.5, 0.6) is 0 Å². The second-order valence-corrected chi connectivity index (χ2v) is 7.59. The first-order valence-corrected chi connectivity index (χ1v) is 8.82. The normalized spacial score (nSPS) is 21.3. The summed E-state index contributed by atoms with van der Waals surface area (Å²) >= 11 is 3.45. The van der Waals surface area contributed by atoms with Gasteiger partial charge in [0.15, 0.2) is 9.84 Å². The predicted molar refractivity (Wildman–Crippen MR) is 79.1 cm³/mol. The number of halogens is 1. The van der Waals surface area contributed by atoms with Gasteiger partial charge in [0.05, 0.1) is 11.5 Å². The maximum absolute atomic E-state index is 11.4. The van der Waals surface area contributed by atoms with Gasteiger partial charge in [-0.15, -0.1) is 0 Å². The Kier molecular flexibility index (Phi) is 4.62. The molecular weight excluding hydrogens is 332 g/mol. The van der Waals surface area contributed by atoms with Gasteiger partial charge in [0.1, 0.15) is 22.4 Å². The molecule has 0 aromatic carbocycles. The van der Waals surface area contributed by atoms with Crippen molar-refractivity contribution < 1.29 is 8.42 Å². The second kappa shape index (κ2) is 6.04. The van der Waals surface area contributed by atoms with Gasteiger partial charge in [-0.2, -0.15) is 0 Å². The lowest BCUT2D eigenvalue weighted by molar-refractivity contribution is 0.595.